The maximum Gasteiger partial charge on any atom is 0.244 e. The van der Waals surface area contributed by atoms with Gasteiger partial charge in [-0.1, -0.05) is 36.4 Å². The highest BCUT2D eigenvalue weighted by molar-refractivity contribution is 5.91. The molecule has 0 saturated heterocycles. The summed E-state index contributed by atoms with van der Waals surface area (Å²) >= 11 is 0. The molecule has 0 unspecified atom stereocenters. The Morgan fingerprint density at radius 1 is 1.17 bits per heavy atom. The highest BCUT2D eigenvalue weighted by Gasteiger charge is 2.04. The van der Waals surface area contributed by atoms with Crippen molar-refractivity contribution in [2.75, 3.05) is 7.11 Å². The normalized spacial score (nSPS) is 11.2. The van der Waals surface area contributed by atoms with Crippen molar-refractivity contribution in [2.24, 2.45) is 0 Å². The number of ether oxygens (including phenoxy) is 1. The minimum Gasteiger partial charge on any atom is -0.437 e. The number of amides is 1. The van der Waals surface area contributed by atoms with Crippen LogP contribution < -0.4 is 5.32 Å². The number of para-hydroxylation sites is 2. The minimum atomic E-state index is -0.204. The first-order valence-electron chi connectivity index (χ1n) is 7.63. The molecule has 2 aromatic carbocycles. The van der Waals surface area contributed by atoms with Crippen LogP contribution in [0.3, 0.4) is 0 Å². The van der Waals surface area contributed by atoms with Crippen molar-refractivity contribution in [2.45, 2.75) is 13.2 Å². The van der Waals surface area contributed by atoms with Gasteiger partial charge in [-0.05, 0) is 23.3 Å². The van der Waals surface area contributed by atoms with Gasteiger partial charge in [-0.25, -0.2) is 4.98 Å². The molecule has 0 saturated carbocycles. The molecule has 1 heterocycles. The van der Waals surface area contributed by atoms with E-state index in [1.807, 2.05) is 48.5 Å². The van der Waals surface area contributed by atoms with E-state index in [0.717, 1.165) is 16.6 Å². The number of carbonyl (C=O) groups excluding carboxylic acids is 1. The van der Waals surface area contributed by atoms with Crippen LogP contribution >= 0.6 is 0 Å². The standard InChI is InChI=1S/C19H18N2O3/c1-23-13-15-7-3-2-6-14(15)12-20-18(22)10-11-19-21-16-8-4-5-9-17(16)24-19/h2-11H,12-13H2,1H3,(H,20,22)/b11-10+. The Kier molecular flexibility index (Phi) is 5.03. The molecule has 0 aliphatic rings. The quantitative estimate of drug-likeness (QED) is 0.707. The predicted molar refractivity (Wildman–Crippen MR) is 92.0 cm³/mol. The Bertz CT molecular complexity index is 835. The van der Waals surface area contributed by atoms with Crippen molar-refractivity contribution in [1.82, 2.24) is 10.3 Å². The molecule has 1 aromatic heterocycles. The van der Waals surface area contributed by atoms with Crippen LogP contribution in [0.25, 0.3) is 17.2 Å². The summed E-state index contributed by atoms with van der Waals surface area (Å²) in [5, 5.41) is 2.85. The summed E-state index contributed by atoms with van der Waals surface area (Å²) < 4.78 is 10.7. The van der Waals surface area contributed by atoms with Crippen molar-refractivity contribution < 1.29 is 13.9 Å². The summed E-state index contributed by atoms with van der Waals surface area (Å²) in [6.45, 7) is 0.959. The molecule has 0 bridgehead atoms. The number of carbonyl (C=O) groups is 1. The number of hydrogen-bond acceptors (Lipinski definition) is 4. The van der Waals surface area contributed by atoms with Crippen LogP contribution in [0.2, 0.25) is 0 Å². The van der Waals surface area contributed by atoms with Gasteiger partial charge in [-0.15, -0.1) is 0 Å². The number of oxazole rings is 1. The van der Waals surface area contributed by atoms with Crippen molar-refractivity contribution >= 4 is 23.1 Å². The van der Waals surface area contributed by atoms with Crippen LogP contribution in [0, 0.1) is 0 Å². The molecule has 0 spiro atoms. The van der Waals surface area contributed by atoms with E-state index in [2.05, 4.69) is 10.3 Å². The third kappa shape index (κ3) is 3.88. The molecule has 24 heavy (non-hydrogen) atoms. The van der Waals surface area contributed by atoms with Gasteiger partial charge in [0, 0.05) is 25.8 Å². The van der Waals surface area contributed by atoms with Gasteiger partial charge in [-0.2, -0.15) is 0 Å². The van der Waals surface area contributed by atoms with Gasteiger partial charge >= 0.3 is 0 Å². The number of methoxy groups -OCH3 is 1. The van der Waals surface area contributed by atoms with Crippen molar-refractivity contribution in [3.05, 3.63) is 71.6 Å². The minimum absolute atomic E-state index is 0.204. The van der Waals surface area contributed by atoms with E-state index in [1.165, 1.54) is 6.08 Å². The lowest BCUT2D eigenvalue weighted by Gasteiger charge is -2.08. The van der Waals surface area contributed by atoms with E-state index >= 15 is 0 Å². The molecule has 0 aliphatic heterocycles. The third-order valence-corrected chi connectivity index (χ3v) is 3.56. The number of aromatic nitrogens is 1. The Morgan fingerprint density at radius 3 is 2.71 bits per heavy atom. The average Bonchev–Trinajstić information content (AvgIpc) is 3.02. The lowest BCUT2D eigenvalue weighted by molar-refractivity contribution is -0.116. The molecule has 0 fully saturated rings. The second-order valence-electron chi connectivity index (χ2n) is 5.27. The smallest absolute Gasteiger partial charge is 0.244 e. The molecule has 1 N–H and O–H groups in total. The van der Waals surface area contributed by atoms with Crippen LogP contribution in [-0.4, -0.2) is 18.0 Å². The molecule has 122 valence electrons. The number of benzene rings is 2. The van der Waals surface area contributed by atoms with E-state index in [9.17, 15) is 4.79 Å². The molecule has 5 nitrogen and oxygen atoms in total. The summed E-state index contributed by atoms with van der Waals surface area (Å²) in [6.07, 6.45) is 2.99. The zero-order chi connectivity index (χ0) is 16.8. The van der Waals surface area contributed by atoms with Gasteiger partial charge in [0.2, 0.25) is 11.8 Å². The van der Waals surface area contributed by atoms with Crippen molar-refractivity contribution in [3.63, 3.8) is 0 Å². The maximum absolute atomic E-state index is 12.0. The molecular weight excluding hydrogens is 304 g/mol. The van der Waals surface area contributed by atoms with E-state index < -0.39 is 0 Å². The molecular formula is C19H18N2O3. The van der Waals surface area contributed by atoms with Crippen LogP contribution in [0.5, 0.6) is 0 Å². The van der Waals surface area contributed by atoms with E-state index in [1.54, 1.807) is 13.2 Å². The fourth-order valence-electron chi connectivity index (χ4n) is 2.38. The lowest BCUT2D eigenvalue weighted by atomic mass is 10.1. The summed E-state index contributed by atoms with van der Waals surface area (Å²) in [5.41, 5.74) is 3.56. The monoisotopic (exact) mass is 322 g/mol. The Balaban J connectivity index is 1.61. The summed E-state index contributed by atoms with van der Waals surface area (Å²) in [4.78, 5) is 16.3. The molecule has 3 rings (SSSR count). The molecule has 3 aromatic rings. The first-order valence-corrected chi connectivity index (χ1v) is 7.63. The molecule has 0 aliphatic carbocycles. The van der Waals surface area contributed by atoms with Gasteiger partial charge < -0.3 is 14.5 Å². The maximum atomic E-state index is 12.0. The van der Waals surface area contributed by atoms with Gasteiger partial charge in [-0.3, -0.25) is 4.79 Å². The summed E-state index contributed by atoms with van der Waals surface area (Å²) in [5.74, 6) is 0.204. The number of hydrogen-bond donors (Lipinski definition) is 1. The number of nitrogens with zero attached hydrogens (tertiary/aromatic N) is 1. The average molecular weight is 322 g/mol. The highest BCUT2D eigenvalue weighted by atomic mass is 16.5. The van der Waals surface area contributed by atoms with Gasteiger partial charge in [0.05, 0.1) is 6.61 Å². The van der Waals surface area contributed by atoms with Crippen LogP contribution in [0.15, 0.2) is 59.0 Å². The molecule has 0 radical (unpaired) electrons. The van der Waals surface area contributed by atoms with Crippen LogP contribution in [0.1, 0.15) is 17.0 Å². The fourth-order valence-corrected chi connectivity index (χ4v) is 2.38. The van der Waals surface area contributed by atoms with E-state index in [0.29, 0.717) is 24.6 Å². The molecule has 5 heteroatoms. The second-order valence-corrected chi connectivity index (χ2v) is 5.27. The number of fused-ring (bicyclic) bond motifs is 1. The second kappa shape index (κ2) is 7.57. The van der Waals surface area contributed by atoms with Crippen molar-refractivity contribution in [1.29, 1.82) is 0 Å². The van der Waals surface area contributed by atoms with E-state index in [-0.39, 0.29) is 5.91 Å². The third-order valence-electron chi connectivity index (χ3n) is 3.56. The van der Waals surface area contributed by atoms with Crippen LogP contribution in [-0.2, 0) is 22.7 Å². The Morgan fingerprint density at radius 2 is 1.92 bits per heavy atom. The lowest BCUT2D eigenvalue weighted by Crippen LogP contribution is -2.21. The summed E-state index contributed by atoms with van der Waals surface area (Å²) in [6, 6.07) is 15.3. The van der Waals surface area contributed by atoms with Gasteiger partial charge in [0.25, 0.3) is 0 Å². The zero-order valence-electron chi connectivity index (χ0n) is 13.4. The first kappa shape index (κ1) is 16.0. The largest absolute Gasteiger partial charge is 0.437 e. The number of rotatable bonds is 6. The topological polar surface area (TPSA) is 64.4 Å². The highest BCUT2D eigenvalue weighted by Crippen LogP contribution is 2.15. The fraction of sp³-hybridized carbons (Fsp3) is 0.158. The summed E-state index contributed by atoms with van der Waals surface area (Å²) in [7, 11) is 1.65. The molecule has 0 atom stereocenters. The Hall–Kier alpha value is -2.92. The van der Waals surface area contributed by atoms with Gasteiger partial charge in [0.15, 0.2) is 5.58 Å². The Labute approximate surface area is 140 Å². The SMILES string of the molecule is COCc1ccccc1CNC(=O)/C=C/c1nc2ccccc2o1. The zero-order valence-corrected chi connectivity index (χ0v) is 13.4. The van der Waals surface area contributed by atoms with Gasteiger partial charge in [0.1, 0.15) is 5.52 Å². The van der Waals surface area contributed by atoms with Crippen LogP contribution in [0.4, 0.5) is 0 Å². The van der Waals surface area contributed by atoms with Crippen molar-refractivity contribution in [3.8, 4) is 0 Å². The predicted octanol–water partition coefficient (Wildman–Crippen LogP) is 3.30. The first-order chi connectivity index (χ1) is 11.8. The van der Waals surface area contributed by atoms with E-state index in [4.69, 9.17) is 9.15 Å². The molecule has 1 amide bonds. The number of nitrogens with one attached hydrogen (secondary N) is 1.